The Labute approximate surface area is 94.5 Å². The first-order valence-electron chi connectivity index (χ1n) is 5.20. The van der Waals surface area contributed by atoms with Crippen LogP contribution in [0.25, 0.3) is 5.69 Å². The van der Waals surface area contributed by atoms with Crippen molar-refractivity contribution in [2.75, 3.05) is 0 Å². The number of nitrogens with zero attached hydrogens (tertiary/aromatic N) is 3. The standard InChI is InChI=1S/C12H15N3O/c1-9-6-4-5-7-10(9)15-8-11(13-14-15)12(2,3)16/h4-8,16H,1-3H3. The van der Waals surface area contributed by atoms with E-state index in [1.165, 1.54) is 0 Å². The van der Waals surface area contributed by atoms with E-state index in [-0.39, 0.29) is 0 Å². The van der Waals surface area contributed by atoms with E-state index in [0.717, 1.165) is 11.3 Å². The number of para-hydroxylation sites is 1. The van der Waals surface area contributed by atoms with Gasteiger partial charge in [0.1, 0.15) is 11.3 Å². The zero-order valence-electron chi connectivity index (χ0n) is 9.68. The molecule has 0 saturated carbocycles. The fourth-order valence-electron chi connectivity index (χ4n) is 1.48. The normalized spacial score (nSPS) is 11.8. The first kappa shape index (κ1) is 10.8. The summed E-state index contributed by atoms with van der Waals surface area (Å²) in [4.78, 5) is 0. The average molecular weight is 217 g/mol. The van der Waals surface area contributed by atoms with Crippen LogP contribution >= 0.6 is 0 Å². The second kappa shape index (κ2) is 3.72. The first-order valence-corrected chi connectivity index (χ1v) is 5.20. The highest BCUT2D eigenvalue weighted by molar-refractivity contribution is 5.39. The van der Waals surface area contributed by atoms with Crippen molar-refractivity contribution >= 4 is 0 Å². The average Bonchev–Trinajstić information content (AvgIpc) is 2.66. The molecular weight excluding hydrogens is 202 g/mol. The Morgan fingerprint density at radius 3 is 2.50 bits per heavy atom. The van der Waals surface area contributed by atoms with Gasteiger partial charge in [-0.2, -0.15) is 0 Å². The van der Waals surface area contributed by atoms with Crippen LogP contribution < -0.4 is 0 Å². The van der Waals surface area contributed by atoms with Gasteiger partial charge in [0.25, 0.3) is 0 Å². The molecule has 2 aromatic rings. The molecule has 0 atom stereocenters. The lowest BCUT2D eigenvalue weighted by Gasteiger charge is -2.11. The highest BCUT2D eigenvalue weighted by Gasteiger charge is 2.20. The molecule has 0 fully saturated rings. The molecule has 84 valence electrons. The molecule has 0 bridgehead atoms. The summed E-state index contributed by atoms with van der Waals surface area (Å²) in [5.41, 5.74) is 1.71. The molecule has 0 spiro atoms. The fraction of sp³-hybridized carbons (Fsp3) is 0.333. The lowest BCUT2D eigenvalue weighted by Crippen LogP contribution is -2.15. The highest BCUT2D eigenvalue weighted by atomic mass is 16.3. The smallest absolute Gasteiger partial charge is 0.114 e. The van der Waals surface area contributed by atoms with E-state index < -0.39 is 5.60 Å². The van der Waals surface area contributed by atoms with Gasteiger partial charge in [0.15, 0.2) is 0 Å². The second-order valence-electron chi connectivity index (χ2n) is 4.39. The van der Waals surface area contributed by atoms with Crippen molar-refractivity contribution in [3.05, 3.63) is 41.7 Å². The van der Waals surface area contributed by atoms with E-state index in [0.29, 0.717) is 5.69 Å². The summed E-state index contributed by atoms with van der Waals surface area (Å²) in [6, 6.07) is 7.92. The van der Waals surface area contributed by atoms with Gasteiger partial charge in [-0.15, -0.1) is 5.10 Å². The van der Waals surface area contributed by atoms with E-state index >= 15 is 0 Å². The van der Waals surface area contributed by atoms with Crippen molar-refractivity contribution in [3.8, 4) is 5.69 Å². The number of hydrogen-bond acceptors (Lipinski definition) is 3. The van der Waals surface area contributed by atoms with Gasteiger partial charge in [0.05, 0.1) is 11.9 Å². The predicted octanol–water partition coefficient (Wildman–Crippen LogP) is 1.80. The Morgan fingerprint density at radius 1 is 1.25 bits per heavy atom. The van der Waals surface area contributed by atoms with Gasteiger partial charge in [-0.05, 0) is 32.4 Å². The molecule has 0 radical (unpaired) electrons. The Kier molecular flexibility index (Phi) is 2.52. The van der Waals surface area contributed by atoms with Crippen LogP contribution in [0.3, 0.4) is 0 Å². The monoisotopic (exact) mass is 217 g/mol. The molecular formula is C12H15N3O. The molecule has 0 aliphatic rings. The van der Waals surface area contributed by atoms with Gasteiger partial charge in [0.2, 0.25) is 0 Å². The summed E-state index contributed by atoms with van der Waals surface area (Å²) in [6.45, 7) is 5.40. The molecule has 1 N–H and O–H groups in total. The molecule has 0 unspecified atom stereocenters. The molecule has 4 nitrogen and oxygen atoms in total. The third-order valence-electron chi connectivity index (χ3n) is 2.48. The molecule has 0 aliphatic heterocycles. The number of benzene rings is 1. The van der Waals surface area contributed by atoms with Gasteiger partial charge in [-0.25, -0.2) is 4.68 Å². The van der Waals surface area contributed by atoms with Crippen molar-refractivity contribution < 1.29 is 5.11 Å². The Morgan fingerprint density at radius 2 is 1.94 bits per heavy atom. The number of hydrogen-bond donors (Lipinski definition) is 1. The fourth-order valence-corrected chi connectivity index (χ4v) is 1.48. The summed E-state index contributed by atoms with van der Waals surface area (Å²) >= 11 is 0. The molecule has 1 heterocycles. The summed E-state index contributed by atoms with van der Waals surface area (Å²) in [5.74, 6) is 0. The van der Waals surface area contributed by atoms with Crippen LogP contribution in [-0.4, -0.2) is 20.1 Å². The van der Waals surface area contributed by atoms with E-state index in [4.69, 9.17) is 0 Å². The second-order valence-corrected chi connectivity index (χ2v) is 4.39. The quantitative estimate of drug-likeness (QED) is 0.834. The summed E-state index contributed by atoms with van der Waals surface area (Å²) < 4.78 is 1.68. The van der Waals surface area contributed by atoms with Crippen molar-refractivity contribution in [3.63, 3.8) is 0 Å². The van der Waals surface area contributed by atoms with Crippen LogP contribution in [0.5, 0.6) is 0 Å². The molecule has 1 aromatic carbocycles. The van der Waals surface area contributed by atoms with Crippen LogP contribution in [0.15, 0.2) is 30.5 Å². The summed E-state index contributed by atoms with van der Waals surface area (Å²) in [6.07, 6.45) is 1.75. The largest absolute Gasteiger partial charge is 0.384 e. The van der Waals surface area contributed by atoms with Gasteiger partial charge in [0, 0.05) is 0 Å². The Hall–Kier alpha value is -1.68. The van der Waals surface area contributed by atoms with E-state index in [2.05, 4.69) is 10.3 Å². The predicted molar refractivity (Wildman–Crippen MR) is 61.3 cm³/mol. The molecule has 1 aromatic heterocycles. The Bertz CT molecular complexity index is 497. The lowest BCUT2D eigenvalue weighted by atomic mass is 10.1. The highest BCUT2D eigenvalue weighted by Crippen LogP contribution is 2.18. The zero-order chi connectivity index (χ0) is 11.8. The van der Waals surface area contributed by atoms with E-state index in [1.807, 2.05) is 31.2 Å². The number of aliphatic hydroxyl groups is 1. The van der Waals surface area contributed by atoms with Crippen LogP contribution in [0.4, 0.5) is 0 Å². The maximum absolute atomic E-state index is 9.80. The van der Waals surface area contributed by atoms with E-state index in [1.54, 1.807) is 24.7 Å². The molecule has 0 aliphatic carbocycles. The molecule has 0 amide bonds. The van der Waals surface area contributed by atoms with Gasteiger partial charge in [-0.3, -0.25) is 0 Å². The van der Waals surface area contributed by atoms with Crippen LogP contribution in [0.2, 0.25) is 0 Å². The lowest BCUT2D eigenvalue weighted by molar-refractivity contribution is 0.0737. The minimum absolute atomic E-state index is 0.566. The van der Waals surface area contributed by atoms with E-state index in [9.17, 15) is 5.11 Å². The van der Waals surface area contributed by atoms with Crippen molar-refractivity contribution in [2.24, 2.45) is 0 Å². The first-order chi connectivity index (χ1) is 7.48. The van der Waals surface area contributed by atoms with Gasteiger partial charge < -0.3 is 5.11 Å². The van der Waals surface area contributed by atoms with Crippen LogP contribution in [0, 0.1) is 6.92 Å². The van der Waals surface area contributed by atoms with Crippen molar-refractivity contribution in [2.45, 2.75) is 26.4 Å². The number of rotatable bonds is 2. The maximum atomic E-state index is 9.80. The Balaban J connectivity index is 2.44. The van der Waals surface area contributed by atoms with Crippen LogP contribution in [0.1, 0.15) is 25.1 Å². The number of aromatic nitrogens is 3. The molecule has 2 rings (SSSR count). The van der Waals surface area contributed by atoms with Gasteiger partial charge in [-0.1, -0.05) is 23.4 Å². The van der Waals surface area contributed by atoms with Crippen LogP contribution in [-0.2, 0) is 5.60 Å². The summed E-state index contributed by atoms with van der Waals surface area (Å²) in [5, 5.41) is 17.8. The molecule has 4 heteroatoms. The molecule has 16 heavy (non-hydrogen) atoms. The third-order valence-corrected chi connectivity index (χ3v) is 2.48. The third kappa shape index (κ3) is 1.97. The SMILES string of the molecule is Cc1ccccc1-n1cc(C(C)(C)O)nn1. The number of aryl methyl sites for hydroxylation is 1. The summed E-state index contributed by atoms with van der Waals surface area (Å²) in [7, 11) is 0. The topological polar surface area (TPSA) is 50.9 Å². The van der Waals surface area contributed by atoms with Gasteiger partial charge >= 0.3 is 0 Å². The van der Waals surface area contributed by atoms with Crippen molar-refractivity contribution in [1.29, 1.82) is 0 Å². The zero-order valence-corrected chi connectivity index (χ0v) is 9.68. The minimum Gasteiger partial charge on any atom is -0.384 e. The molecule has 0 saturated heterocycles. The maximum Gasteiger partial charge on any atom is 0.114 e. The van der Waals surface area contributed by atoms with Crippen molar-refractivity contribution in [1.82, 2.24) is 15.0 Å². The minimum atomic E-state index is -0.957.